The van der Waals surface area contributed by atoms with Crippen molar-refractivity contribution in [3.63, 3.8) is 0 Å². The third-order valence-corrected chi connectivity index (χ3v) is 4.96. The third kappa shape index (κ3) is 4.05. The van der Waals surface area contributed by atoms with Crippen LogP contribution in [0, 0.1) is 5.82 Å². The molecule has 2 aromatic heterocycles. The number of amides is 1. The molecule has 0 aliphatic heterocycles. The van der Waals surface area contributed by atoms with Crippen molar-refractivity contribution in [3.05, 3.63) is 47.4 Å². The standard InChI is InChI=1S/C18H20FN3O2S/c1-13(23)21(9-10-24-2)8-7-16-12-25-18-20-17(11-22(16)18)14-3-5-15(19)6-4-14/h3-6,11-12H,7-10H2,1-2H3. The molecule has 132 valence electrons. The lowest BCUT2D eigenvalue weighted by atomic mass is 10.2. The van der Waals surface area contributed by atoms with Crippen LogP contribution < -0.4 is 0 Å². The minimum Gasteiger partial charge on any atom is -0.383 e. The molecule has 0 spiro atoms. The summed E-state index contributed by atoms with van der Waals surface area (Å²) in [6.07, 6.45) is 2.70. The van der Waals surface area contributed by atoms with Gasteiger partial charge in [-0.1, -0.05) is 0 Å². The molecule has 1 aromatic carbocycles. The number of halogens is 1. The molecule has 0 saturated heterocycles. The van der Waals surface area contributed by atoms with E-state index in [2.05, 4.69) is 10.4 Å². The van der Waals surface area contributed by atoms with E-state index in [1.165, 1.54) is 12.1 Å². The quantitative estimate of drug-likeness (QED) is 0.649. The summed E-state index contributed by atoms with van der Waals surface area (Å²) < 4.78 is 20.2. The van der Waals surface area contributed by atoms with Gasteiger partial charge in [0.15, 0.2) is 4.96 Å². The zero-order valence-electron chi connectivity index (χ0n) is 14.2. The van der Waals surface area contributed by atoms with Gasteiger partial charge in [0.05, 0.1) is 12.3 Å². The predicted octanol–water partition coefficient (Wildman–Crippen LogP) is 3.24. The van der Waals surface area contributed by atoms with E-state index in [0.717, 1.165) is 28.3 Å². The van der Waals surface area contributed by atoms with Crippen molar-refractivity contribution in [2.45, 2.75) is 13.3 Å². The maximum absolute atomic E-state index is 13.1. The first-order valence-corrected chi connectivity index (χ1v) is 8.92. The first-order chi connectivity index (χ1) is 12.1. The number of hydrogen-bond donors (Lipinski definition) is 0. The minimum absolute atomic E-state index is 0.0427. The third-order valence-electron chi connectivity index (χ3n) is 4.07. The molecule has 0 bridgehead atoms. The van der Waals surface area contributed by atoms with Gasteiger partial charge in [0.25, 0.3) is 0 Å². The molecule has 25 heavy (non-hydrogen) atoms. The number of thiazole rings is 1. The van der Waals surface area contributed by atoms with Crippen molar-refractivity contribution in [1.29, 1.82) is 0 Å². The van der Waals surface area contributed by atoms with Crippen molar-refractivity contribution in [1.82, 2.24) is 14.3 Å². The summed E-state index contributed by atoms with van der Waals surface area (Å²) in [5.41, 5.74) is 2.80. The molecule has 0 N–H and O–H groups in total. The van der Waals surface area contributed by atoms with Gasteiger partial charge >= 0.3 is 0 Å². The molecule has 0 aliphatic carbocycles. The van der Waals surface area contributed by atoms with Crippen LogP contribution in [0.3, 0.4) is 0 Å². The second-order valence-electron chi connectivity index (χ2n) is 5.76. The number of nitrogens with zero attached hydrogens (tertiary/aromatic N) is 3. The maximum atomic E-state index is 13.1. The van der Waals surface area contributed by atoms with Gasteiger partial charge in [-0.3, -0.25) is 9.20 Å². The zero-order valence-corrected chi connectivity index (χ0v) is 15.1. The van der Waals surface area contributed by atoms with Gasteiger partial charge in [0.1, 0.15) is 5.82 Å². The van der Waals surface area contributed by atoms with Crippen LogP contribution in [0.5, 0.6) is 0 Å². The van der Waals surface area contributed by atoms with Crippen molar-refractivity contribution in [2.24, 2.45) is 0 Å². The van der Waals surface area contributed by atoms with Crippen molar-refractivity contribution < 1.29 is 13.9 Å². The van der Waals surface area contributed by atoms with Gasteiger partial charge in [-0.15, -0.1) is 11.3 Å². The van der Waals surface area contributed by atoms with E-state index in [1.807, 2.05) is 10.6 Å². The molecular weight excluding hydrogens is 341 g/mol. The zero-order chi connectivity index (χ0) is 17.8. The van der Waals surface area contributed by atoms with Gasteiger partial charge in [0.2, 0.25) is 5.91 Å². The molecule has 7 heteroatoms. The predicted molar refractivity (Wildman–Crippen MR) is 96.3 cm³/mol. The summed E-state index contributed by atoms with van der Waals surface area (Å²) in [4.78, 5) is 19.0. The summed E-state index contributed by atoms with van der Waals surface area (Å²) in [5, 5.41) is 2.06. The van der Waals surface area contributed by atoms with E-state index in [1.54, 1.807) is 42.4 Å². The molecule has 0 aliphatic rings. The highest BCUT2D eigenvalue weighted by atomic mass is 32.1. The van der Waals surface area contributed by atoms with E-state index < -0.39 is 0 Å². The van der Waals surface area contributed by atoms with Crippen LogP contribution in [0.25, 0.3) is 16.2 Å². The van der Waals surface area contributed by atoms with Crippen molar-refractivity contribution in [2.75, 3.05) is 26.8 Å². The summed E-state index contributed by atoms with van der Waals surface area (Å²) in [7, 11) is 1.63. The van der Waals surface area contributed by atoms with Crippen molar-refractivity contribution >= 4 is 22.2 Å². The van der Waals surface area contributed by atoms with Gasteiger partial charge in [0, 0.05) is 56.4 Å². The highest BCUT2D eigenvalue weighted by Crippen LogP contribution is 2.24. The Morgan fingerprint density at radius 2 is 2.08 bits per heavy atom. The number of methoxy groups -OCH3 is 1. The van der Waals surface area contributed by atoms with E-state index in [4.69, 9.17) is 4.74 Å². The van der Waals surface area contributed by atoms with Crippen LogP contribution in [-0.4, -0.2) is 47.0 Å². The lowest BCUT2D eigenvalue weighted by Crippen LogP contribution is -2.33. The largest absolute Gasteiger partial charge is 0.383 e. The molecular formula is C18H20FN3O2S. The number of rotatable bonds is 7. The monoisotopic (exact) mass is 361 g/mol. The fraction of sp³-hybridized carbons (Fsp3) is 0.333. The molecule has 2 heterocycles. The molecule has 0 unspecified atom stereocenters. The Kier molecular flexibility index (Phi) is 5.45. The maximum Gasteiger partial charge on any atom is 0.219 e. The average molecular weight is 361 g/mol. The Morgan fingerprint density at radius 3 is 2.76 bits per heavy atom. The minimum atomic E-state index is -0.258. The van der Waals surface area contributed by atoms with Gasteiger partial charge in [-0.2, -0.15) is 0 Å². The molecule has 3 aromatic rings. The lowest BCUT2D eigenvalue weighted by molar-refractivity contribution is -0.129. The SMILES string of the molecule is COCCN(CCc1csc2nc(-c3ccc(F)cc3)cn12)C(C)=O. The van der Waals surface area contributed by atoms with Crippen LogP contribution >= 0.6 is 11.3 Å². The van der Waals surface area contributed by atoms with E-state index >= 15 is 0 Å². The summed E-state index contributed by atoms with van der Waals surface area (Å²) in [6, 6.07) is 6.32. The molecule has 0 atom stereocenters. The van der Waals surface area contributed by atoms with E-state index in [-0.39, 0.29) is 11.7 Å². The summed E-state index contributed by atoms with van der Waals surface area (Å²) in [5.74, 6) is -0.216. The van der Waals surface area contributed by atoms with Crippen LogP contribution in [-0.2, 0) is 16.0 Å². The molecule has 5 nitrogen and oxygen atoms in total. The molecule has 0 saturated carbocycles. The second kappa shape index (κ2) is 7.76. The Morgan fingerprint density at radius 1 is 1.32 bits per heavy atom. The van der Waals surface area contributed by atoms with Gasteiger partial charge < -0.3 is 9.64 Å². The highest BCUT2D eigenvalue weighted by molar-refractivity contribution is 7.15. The Labute approximate surface area is 149 Å². The van der Waals surface area contributed by atoms with Crippen LogP contribution in [0.4, 0.5) is 4.39 Å². The number of fused-ring (bicyclic) bond motifs is 1. The molecule has 1 amide bonds. The number of ether oxygens (including phenoxy) is 1. The number of imidazole rings is 1. The molecule has 3 rings (SSSR count). The number of carbonyl (C=O) groups excluding carboxylic acids is 1. The van der Waals surface area contributed by atoms with Gasteiger partial charge in [-0.05, 0) is 24.3 Å². The van der Waals surface area contributed by atoms with Crippen LogP contribution in [0.1, 0.15) is 12.6 Å². The first-order valence-electron chi connectivity index (χ1n) is 8.04. The molecule has 0 fully saturated rings. The van der Waals surface area contributed by atoms with Crippen molar-refractivity contribution in [3.8, 4) is 11.3 Å². The van der Waals surface area contributed by atoms with Crippen LogP contribution in [0.2, 0.25) is 0 Å². The van der Waals surface area contributed by atoms with Crippen LogP contribution in [0.15, 0.2) is 35.8 Å². The fourth-order valence-corrected chi connectivity index (χ4v) is 3.55. The highest BCUT2D eigenvalue weighted by Gasteiger charge is 2.13. The lowest BCUT2D eigenvalue weighted by Gasteiger charge is -2.20. The normalized spacial score (nSPS) is 11.2. The van der Waals surface area contributed by atoms with Gasteiger partial charge in [-0.25, -0.2) is 9.37 Å². The smallest absolute Gasteiger partial charge is 0.219 e. The number of benzene rings is 1. The molecule has 0 radical (unpaired) electrons. The van der Waals surface area contributed by atoms with E-state index in [0.29, 0.717) is 19.7 Å². The second-order valence-corrected chi connectivity index (χ2v) is 6.60. The fourth-order valence-electron chi connectivity index (χ4n) is 2.65. The topological polar surface area (TPSA) is 46.8 Å². The number of aromatic nitrogens is 2. The Hall–Kier alpha value is -2.25. The number of carbonyl (C=O) groups is 1. The number of hydrogen-bond acceptors (Lipinski definition) is 4. The summed E-state index contributed by atoms with van der Waals surface area (Å²) in [6.45, 7) is 3.32. The first kappa shape index (κ1) is 17.6. The Bertz CT molecular complexity index is 857. The summed E-state index contributed by atoms with van der Waals surface area (Å²) >= 11 is 1.56. The Balaban J connectivity index is 1.76. The average Bonchev–Trinajstić information content (AvgIpc) is 3.16. The van der Waals surface area contributed by atoms with E-state index in [9.17, 15) is 9.18 Å².